The summed E-state index contributed by atoms with van der Waals surface area (Å²) in [7, 11) is 0. The summed E-state index contributed by atoms with van der Waals surface area (Å²) in [4.78, 5) is 13.5. The third kappa shape index (κ3) is 4.70. The van der Waals surface area contributed by atoms with Crippen molar-refractivity contribution in [1.82, 2.24) is 10.2 Å². The fourth-order valence-electron chi connectivity index (χ4n) is 2.13. The summed E-state index contributed by atoms with van der Waals surface area (Å²) in [6.07, 6.45) is 2.41. The van der Waals surface area contributed by atoms with Gasteiger partial charge in [-0.25, -0.2) is 4.39 Å². The number of carbonyl (C=O) groups excluding carboxylic acids is 1. The van der Waals surface area contributed by atoms with Gasteiger partial charge in [0, 0.05) is 25.7 Å². The molecule has 0 heterocycles. The van der Waals surface area contributed by atoms with Crippen LogP contribution in [-0.4, -0.2) is 36.5 Å². The highest BCUT2D eigenvalue weighted by Crippen LogP contribution is 2.21. The molecule has 0 atom stereocenters. The van der Waals surface area contributed by atoms with Gasteiger partial charge in [0.25, 0.3) is 5.91 Å². The molecule has 116 valence electrons. The molecule has 1 aliphatic carbocycles. The Labute approximate surface area is 125 Å². The van der Waals surface area contributed by atoms with Crippen molar-refractivity contribution in [2.24, 2.45) is 0 Å². The Kier molecular flexibility index (Phi) is 5.56. The third-order valence-corrected chi connectivity index (χ3v) is 3.64. The van der Waals surface area contributed by atoms with Gasteiger partial charge >= 0.3 is 0 Å². The third-order valence-electron chi connectivity index (χ3n) is 3.64. The maximum absolute atomic E-state index is 13.9. The van der Waals surface area contributed by atoms with Crippen molar-refractivity contribution in [2.75, 3.05) is 19.7 Å². The summed E-state index contributed by atoms with van der Waals surface area (Å²) in [5, 5.41) is 3.33. The van der Waals surface area contributed by atoms with Crippen LogP contribution in [0.3, 0.4) is 0 Å². The lowest BCUT2D eigenvalue weighted by molar-refractivity contribution is -0.133. The molecule has 0 unspecified atom stereocenters. The normalized spacial score (nSPS) is 14.0. The van der Waals surface area contributed by atoms with Crippen LogP contribution < -0.4 is 10.1 Å². The van der Waals surface area contributed by atoms with E-state index in [-0.39, 0.29) is 18.3 Å². The van der Waals surface area contributed by atoms with E-state index in [2.05, 4.69) is 5.32 Å². The van der Waals surface area contributed by atoms with Crippen molar-refractivity contribution in [3.8, 4) is 5.75 Å². The van der Waals surface area contributed by atoms with Crippen LogP contribution in [0.2, 0.25) is 0 Å². The molecular formula is C16H23FN2O2. The van der Waals surface area contributed by atoms with Crippen LogP contribution in [-0.2, 0) is 11.3 Å². The molecule has 1 aromatic rings. The van der Waals surface area contributed by atoms with Crippen molar-refractivity contribution in [3.63, 3.8) is 0 Å². The van der Waals surface area contributed by atoms with Crippen LogP contribution in [0.15, 0.2) is 18.2 Å². The summed E-state index contributed by atoms with van der Waals surface area (Å²) >= 11 is 0. The Morgan fingerprint density at radius 1 is 1.38 bits per heavy atom. The number of carbonyl (C=O) groups is 1. The van der Waals surface area contributed by atoms with Crippen LogP contribution in [0.5, 0.6) is 5.75 Å². The molecule has 1 aromatic carbocycles. The first-order valence-corrected chi connectivity index (χ1v) is 7.56. The monoisotopic (exact) mass is 294 g/mol. The average molecular weight is 294 g/mol. The Morgan fingerprint density at radius 3 is 2.67 bits per heavy atom. The number of amides is 1. The van der Waals surface area contributed by atoms with E-state index in [4.69, 9.17) is 4.74 Å². The summed E-state index contributed by atoms with van der Waals surface area (Å²) in [6, 6.07) is 5.48. The fourth-order valence-corrected chi connectivity index (χ4v) is 2.13. The van der Waals surface area contributed by atoms with E-state index < -0.39 is 5.82 Å². The van der Waals surface area contributed by atoms with Gasteiger partial charge < -0.3 is 15.0 Å². The fraction of sp³-hybridized carbons (Fsp3) is 0.562. The van der Waals surface area contributed by atoms with E-state index in [1.54, 1.807) is 11.0 Å². The Bertz CT molecular complexity index is 485. The molecular weight excluding hydrogens is 271 g/mol. The van der Waals surface area contributed by atoms with Crippen molar-refractivity contribution < 1.29 is 13.9 Å². The van der Waals surface area contributed by atoms with Gasteiger partial charge in [0.2, 0.25) is 0 Å². The quantitative estimate of drug-likeness (QED) is 0.800. The lowest BCUT2D eigenvalue weighted by Gasteiger charge is -2.18. The highest BCUT2D eigenvalue weighted by molar-refractivity contribution is 5.77. The molecule has 0 aromatic heterocycles. The minimum atomic E-state index is -0.419. The Hall–Kier alpha value is -1.62. The number of ether oxygens (including phenoxy) is 1. The van der Waals surface area contributed by atoms with Crippen molar-refractivity contribution >= 4 is 5.91 Å². The zero-order valence-corrected chi connectivity index (χ0v) is 12.7. The molecule has 1 N–H and O–H groups in total. The second kappa shape index (κ2) is 7.41. The Balaban J connectivity index is 1.86. The molecule has 21 heavy (non-hydrogen) atoms. The molecule has 0 aliphatic heterocycles. The summed E-state index contributed by atoms with van der Waals surface area (Å²) in [5.41, 5.74) is 0.891. The van der Waals surface area contributed by atoms with E-state index in [9.17, 15) is 9.18 Å². The molecule has 2 rings (SSSR count). The molecule has 0 radical (unpaired) electrons. The molecule has 1 saturated carbocycles. The largest absolute Gasteiger partial charge is 0.481 e. The van der Waals surface area contributed by atoms with Gasteiger partial charge in [-0.1, -0.05) is 6.07 Å². The predicted octanol–water partition coefficient (Wildman–Crippen LogP) is 2.32. The average Bonchev–Trinajstić information content (AvgIpc) is 3.29. The summed E-state index contributed by atoms with van der Waals surface area (Å²) < 4.78 is 19.2. The van der Waals surface area contributed by atoms with Crippen LogP contribution in [0.4, 0.5) is 4.39 Å². The smallest absolute Gasteiger partial charge is 0.260 e. The maximum Gasteiger partial charge on any atom is 0.260 e. The van der Waals surface area contributed by atoms with E-state index >= 15 is 0 Å². The van der Waals surface area contributed by atoms with Crippen LogP contribution in [0.1, 0.15) is 32.3 Å². The van der Waals surface area contributed by atoms with Gasteiger partial charge in [-0.15, -0.1) is 0 Å². The van der Waals surface area contributed by atoms with Crippen LogP contribution in [0, 0.1) is 5.82 Å². The second-order valence-electron chi connectivity index (χ2n) is 5.27. The van der Waals surface area contributed by atoms with Gasteiger partial charge in [0.15, 0.2) is 18.2 Å². The van der Waals surface area contributed by atoms with E-state index in [0.29, 0.717) is 25.7 Å². The number of hydrogen-bond donors (Lipinski definition) is 1. The van der Waals surface area contributed by atoms with Crippen LogP contribution >= 0.6 is 0 Å². The van der Waals surface area contributed by atoms with Gasteiger partial charge in [-0.2, -0.15) is 0 Å². The number of nitrogens with zero attached hydrogens (tertiary/aromatic N) is 1. The number of benzene rings is 1. The van der Waals surface area contributed by atoms with E-state index in [1.807, 2.05) is 19.9 Å². The molecule has 1 aliphatic rings. The van der Waals surface area contributed by atoms with Crippen LogP contribution in [0.25, 0.3) is 0 Å². The van der Waals surface area contributed by atoms with Crippen molar-refractivity contribution in [2.45, 2.75) is 39.3 Å². The first kappa shape index (κ1) is 15.8. The molecule has 0 saturated heterocycles. The lowest BCUT2D eigenvalue weighted by Crippen LogP contribution is -2.34. The minimum absolute atomic E-state index is 0.126. The number of hydrogen-bond acceptors (Lipinski definition) is 3. The second-order valence-corrected chi connectivity index (χ2v) is 5.27. The van der Waals surface area contributed by atoms with Gasteiger partial charge in [-0.3, -0.25) is 4.79 Å². The molecule has 1 amide bonds. The summed E-state index contributed by atoms with van der Waals surface area (Å²) in [6.45, 7) is 5.62. The van der Waals surface area contributed by atoms with E-state index in [1.165, 1.54) is 18.9 Å². The Morgan fingerprint density at radius 2 is 2.10 bits per heavy atom. The van der Waals surface area contributed by atoms with Gasteiger partial charge in [0.1, 0.15) is 0 Å². The van der Waals surface area contributed by atoms with Crippen molar-refractivity contribution in [1.29, 1.82) is 0 Å². The SMILES string of the molecule is CCN(CC)C(=O)COc1ccc(CNC2CC2)cc1F. The number of rotatable bonds is 8. The zero-order valence-electron chi connectivity index (χ0n) is 12.7. The first-order valence-electron chi connectivity index (χ1n) is 7.56. The lowest BCUT2D eigenvalue weighted by atomic mass is 10.2. The number of halogens is 1. The molecule has 0 bridgehead atoms. The van der Waals surface area contributed by atoms with Gasteiger partial charge in [-0.05, 0) is 44.4 Å². The number of nitrogens with one attached hydrogen (secondary N) is 1. The molecule has 0 spiro atoms. The van der Waals surface area contributed by atoms with E-state index in [0.717, 1.165) is 5.56 Å². The first-order chi connectivity index (χ1) is 10.1. The molecule has 1 fully saturated rings. The highest BCUT2D eigenvalue weighted by atomic mass is 19.1. The highest BCUT2D eigenvalue weighted by Gasteiger charge is 2.20. The van der Waals surface area contributed by atoms with Crippen molar-refractivity contribution in [3.05, 3.63) is 29.6 Å². The minimum Gasteiger partial charge on any atom is -0.481 e. The zero-order chi connectivity index (χ0) is 15.2. The topological polar surface area (TPSA) is 41.6 Å². The maximum atomic E-state index is 13.9. The standard InChI is InChI=1S/C16H23FN2O2/c1-3-19(4-2)16(20)11-21-15-8-5-12(9-14(15)17)10-18-13-6-7-13/h5,8-9,13,18H,3-4,6-7,10-11H2,1-2H3. The summed E-state index contributed by atoms with van der Waals surface area (Å²) in [5.74, 6) is -0.415. The molecule has 4 nitrogen and oxygen atoms in total. The van der Waals surface area contributed by atoms with Gasteiger partial charge in [0.05, 0.1) is 0 Å². The predicted molar refractivity (Wildman–Crippen MR) is 79.7 cm³/mol. The molecule has 5 heteroatoms. The number of likely N-dealkylation sites (N-methyl/N-ethyl adjacent to an activating group) is 1.